The lowest BCUT2D eigenvalue weighted by Gasteiger charge is -2.06. The predicted molar refractivity (Wildman–Crippen MR) is 60.8 cm³/mol. The first kappa shape index (κ1) is 11.4. The zero-order chi connectivity index (χ0) is 12.3. The van der Waals surface area contributed by atoms with Crippen LogP contribution < -0.4 is 0 Å². The number of hydrogen-bond donors (Lipinski definition) is 0. The van der Waals surface area contributed by atoms with Crippen LogP contribution in [0.5, 0.6) is 0 Å². The van der Waals surface area contributed by atoms with E-state index in [4.69, 9.17) is 4.74 Å². The highest BCUT2D eigenvalue weighted by Gasteiger charge is 2.25. The van der Waals surface area contributed by atoms with E-state index in [1.807, 2.05) is 6.07 Å². The molecule has 2 rings (SSSR count). The molecule has 17 heavy (non-hydrogen) atoms. The van der Waals surface area contributed by atoms with E-state index < -0.39 is 12.0 Å². The maximum atomic E-state index is 13.6. The SMILES string of the molecule is C=CCOC(=O)OC1=C(F)Cc2ccccc21. The van der Waals surface area contributed by atoms with Crippen LogP contribution in [0.15, 0.2) is 42.7 Å². The summed E-state index contributed by atoms with van der Waals surface area (Å²) in [6.07, 6.45) is 0.640. The Kier molecular flexibility index (Phi) is 3.23. The molecule has 0 unspecified atom stereocenters. The number of hydrogen-bond acceptors (Lipinski definition) is 3. The Morgan fingerprint density at radius 3 is 3.00 bits per heavy atom. The summed E-state index contributed by atoms with van der Waals surface area (Å²) in [6.45, 7) is 3.43. The van der Waals surface area contributed by atoms with E-state index >= 15 is 0 Å². The van der Waals surface area contributed by atoms with Gasteiger partial charge in [0.2, 0.25) is 0 Å². The fraction of sp³-hybridized carbons (Fsp3) is 0.154. The van der Waals surface area contributed by atoms with E-state index in [0.717, 1.165) is 5.56 Å². The first-order valence-corrected chi connectivity index (χ1v) is 5.15. The van der Waals surface area contributed by atoms with Crippen molar-refractivity contribution in [1.82, 2.24) is 0 Å². The zero-order valence-corrected chi connectivity index (χ0v) is 9.11. The summed E-state index contributed by atoms with van der Waals surface area (Å²) >= 11 is 0. The summed E-state index contributed by atoms with van der Waals surface area (Å²) in [5.41, 5.74) is 1.40. The summed E-state index contributed by atoms with van der Waals surface area (Å²) in [4.78, 5) is 11.2. The highest BCUT2D eigenvalue weighted by atomic mass is 19.1. The molecule has 0 aliphatic heterocycles. The number of halogens is 1. The van der Waals surface area contributed by atoms with Crippen LogP contribution in [0.3, 0.4) is 0 Å². The number of rotatable bonds is 3. The van der Waals surface area contributed by atoms with Gasteiger partial charge >= 0.3 is 6.16 Å². The van der Waals surface area contributed by atoms with Crippen LogP contribution in [0, 0.1) is 0 Å². The summed E-state index contributed by atoms with van der Waals surface area (Å²) in [5.74, 6) is -0.503. The third-order valence-corrected chi connectivity index (χ3v) is 2.36. The van der Waals surface area contributed by atoms with Crippen molar-refractivity contribution in [3.8, 4) is 0 Å². The summed E-state index contributed by atoms with van der Waals surface area (Å²) in [6, 6.07) is 7.07. The minimum atomic E-state index is -0.924. The van der Waals surface area contributed by atoms with E-state index in [9.17, 15) is 9.18 Å². The molecule has 4 heteroatoms. The molecule has 0 spiro atoms. The number of carbonyl (C=O) groups is 1. The van der Waals surface area contributed by atoms with E-state index in [1.165, 1.54) is 6.08 Å². The van der Waals surface area contributed by atoms with Gasteiger partial charge in [-0.1, -0.05) is 36.9 Å². The van der Waals surface area contributed by atoms with E-state index in [2.05, 4.69) is 11.3 Å². The Balaban J connectivity index is 2.13. The second kappa shape index (κ2) is 4.82. The maximum Gasteiger partial charge on any atom is 0.514 e. The molecule has 3 nitrogen and oxygen atoms in total. The van der Waals surface area contributed by atoms with Crippen molar-refractivity contribution < 1.29 is 18.7 Å². The quantitative estimate of drug-likeness (QED) is 0.595. The number of benzene rings is 1. The molecule has 0 saturated carbocycles. The smallest absolute Gasteiger partial charge is 0.430 e. The van der Waals surface area contributed by atoms with Crippen LogP contribution in [-0.4, -0.2) is 12.8 Å². The van der Waals surface area contributed by atoms with Gasteiger partial charge < -0.3 is 9.47 Å². The van der Waals surface area contributed by atoms with Crippen LogP contribution in [-0.2, 0) is 15.9 Å². The van der Waals surface area contributed by atoms with Crippen molar-refractivity contribution in [2.45, 2.75) is 6.42 Å². The largest absolute Gasteiger partial charge is 0.514 e. The highest BCUT2D eigenvalue weighted by molar-refractivity contribution is 5.78. The van der Waals surface area contributed by atoms with Crippen LogP contribution in [0.1, 0.15) is 11.1 Å². The number of ether oxygens (including phenoxy) is 2. The van der Waals surface area contributed by atoms with E-state index in [0.29, 0.717) is 5.56 Å². The minimum Gasteiger partial charge on any atom is -0.430 e. The summed E-state index contributed by atoms with van der Waals surface area (Å²) in [5, 5.41) is 0. The van der Waals surface area contributed by atoms with Gasteiger partial charge in [-0.25, -0.2) is 9.18 Å². The minimum absolute atomic E-state index is 0.0371. The molecule has 1 aromatic rings. The molecule has 0 amide bonds. The van der Waals surface area contributed by atoms with Crippen LogP contribution >= 0.6 is 0 Å². The van der Waals surface area contributed by atoms with Gasteiger partial charge in [-0.3, -0.25) is 0 Å². The molecule has 1 aromatic carbocycles. The topological polar surface area (TPSA) is 35.5 Å². The molecule has 1 aliphatic carbocycles. The predicted octanol–water partition coefficient (Wildman–Crippen LogP) is 3.22. The number of allylic oxidation sites excluding steroid dienone is 1. The van der Waals surface area contributed by atoms with Gasteiger partial charge in [0, 0.05) is 12.0 Å². The highest BCUT2D eigenvalue weighted by Crippen LogP contribution is 2.34. The normalized spacial score (nSPS) is 13.2. The van der Waals surface area contributed by atoms with Crippen molar-refractivity contribution in [3.63, 3.8) is 0 Å². The number of carbonyl (C=O) groups excluding carboxylic acids is 1. The van der Waals surface area contributed by atoms with Gasteiger partial charge in [-0.05, 0) is 5.56 Å². The summed E-state index contributed by atoms with van der Waals surface area (Å²) in [7, 11) is 0. The summed E-state index contributed by atoms with van der Waals surface area (Å²) < 4.78 is 23.1. The zero-order valence-electron chi connectivity index (χ0n) is 9.11. The monoisotopic (exact) mass is 234 g/mol. The van der Waals surface area contributed by atoms with Crippen LogP contribution in [0.4, 0.5) is 9.18 Å². The third-order valence-electron chi connectivity index (χ3n) is 2.36. The van der Waals surface area contributed by atoms with Crippen molar-refractivity contribution in [1.29, 1.82) is 0 Å². The third kappa shape index (κ3) is 2.36. The lowest BCUT2D eigenvalue weighted by molar-refractivity contribution is 0.0997. The molecular formula is C13H11FO3. The Morgan fingerprint density at radius 1 is 1.47 bits per heavy atom. The van der Waals surface area contributed by atoms with Crippen molar-refractivity contribution >= 4 is 11.9 Å². The molecule has 0 radical (unpaired) electrons. The van der Waals surface area contributed by atoms with Gasteiger partial charge in [0.15, 0.2) is 5.76 Å². The van der Waals surface area contributed by atoms with Gasteiger partial charge in [-0.15, -0.1) is 0 Å². The number of fused-ring (bicyclic) bond motifs is 1. The van der Waals surface area contributed by atoms with Gasteiger partial charge in [0.1, 0.15) is 12.4 Å². The van der Waals surface area contributed by atoms with Crippen molar-refractivity contribution in [2.24, 2.45) is 0 Å². The van der Waals surface area contributed by atoms with Crippen molar-refractivity contribution in [3.05, 3.63) is 53.9 Å². The molecule has 0 heterocycles. The molecule has 1 aliphatic rings. The second-order valence-electron chi connectivity index (χ2n) is 3.52. The Bertz CT molecular complexity index is 491. The van der Waals surface area contributed by atoms with E-state index in [1.54, 1.807) is 18.2 Å². The lowest BCUT2D eigenvalue weighted by atomic mass is 10.1. The molecular weight excluding hydrogens is 223 g/mol. The standard InChI is InChI=1S/C13H11FO3/c1-2-7-16-13(15)17-12-10-6-4-3-5-9(10)8-11(12)14/h2-6H,1,7-8H2. The lowest BCUT2D eigenvalue weighted by Crippen LogP contribution is -2.06. The van der Waals surface area contributed by atoms with Crippen molar-refractivity contribution in [2.75, 3.05) is 6.61 Å². The molecule has 0 bridgehead atoms. The molecule has 0 atom stereocenters. The Labute approximate surface area is 98.2 Å². The Hall–Kier alpha value is -2.10. The molecule has 0 fully saturated rings. The fourth-order valence-electron chi connectivity index (χ4n) is 1.64. The average Bonchev–Trinajstić information content (AvgIpc) is 2.64. The molecule has 0 saturated heterocycles. The maximum absolute atomic E-state index is 13.6. The van der Waals surface area contributed by atoms with Gasteiger partial charge in [0.05, 0.1) is 0 Å². The molecule has 0 N–H and O–H groups in total. The van der Waals surface area contributed by atoms with Gasteiger partial charge in [0.25, 0.3) is 0 Å². The van der Waals surface area contributed by atoms with E-state index in [-0.39, 0.29) is 18.8 Å². The van der Waals surface area contributed by atoms with Crippen LogP contribution in [0.25, 0.3) is 5.76 Å². The van der Waals surface area contributed by atoms with Gasteiger partial charge in [-0.2, -0.15) is 0 Å². The average molecular weight is 234 g/mol. The Morgan fingerprint density at radius 2 is 2.24 bits per heavy atom. The molecule has 88 valence electrons. The second-order valence-corrected chi connectivity index (χ2v) is 3.52. The first-order valence-electron chi connectivity index (χ1n) is 5.15. The van der Waals surface area contributed by atoms with Crippen LogP contribution in [0.2, 0.25) is 0 Å². The molecule has 0 aromatic heterocycles. The fourth-order valence-corrected chi connectivity index (χ4v) is 1.64. The first-order chi connectivity index (χ1) is 8.22.